The lowest BCUT2D eigenvalue weighted by Crippen LogP contribution is -2.06. The fraction of sp³-hybridized carbons (Fsp3) is 0.389. The van der Waals surface area contributed by atoms with E-state index in [2.05, 4.69) is 30.8 Å². The predicted molar refractivity (Wildman–Crippen MR) is 102 cm³/mol. The SMILES string of the molecule is Cc1cc(C(=O)CSc2nnc(-c3cccs3)n2C2CC2)c(C)n1C. The highest BCUT2D eigenvalue weighted by molar-refractivity contribution is 7.99. The molecular formula is C18H20N4OS2. The Balaban J connectivity index is 1.55. The number of carbonyl (C=O) groups excluding carboxylic acids is 1. The molecule has 5 nitrogen and oxygen atoms in total. The van der Waals surface area contributed by atoms with Crippen LogP contribution in [0, 0.1) is 13.8 Å². The van der Waals surface area contributed by atoms with Gasteiger partial charge in [-0.15, -0.1) is 21.5 Å². The highest BCUT2D eigenvalue weighted by Crippen LogP contribution is 2.41. The Morgan fingerprint density at radius 3 is 2.76 bits per heavy atom. The maximum atomic E-state index is 12.6. The highest BCUT2D eigenvalue weighted by atomic mass is 32.2. The molecule has 0 unspecified atom stereocenters. The summed E-state index contributed by atoms with van der Waals surface area (Å²) in [4.78, 5) is 13.8. The zero-order chi connectivity index (χ0) is 17.6. The molecule has 0 aromatic carbocycles. The van der Waals surface area contributed by atoms with Gasteiger partial charge in [0.1, 0.15) is 0 Å². The minimum atomic E-state index is 0.147. The average Bonchev–Trinajstić information content (AvgIpc) is 3.04. The molecule has 1 aliphatic rings. The van der Waals surface area contributed by atoms with Gasteiger partial charge in [0.2, 0.25) is 0 Å². The number of aryl methyl sites for hydroxylation is 1. The van der Waals surface area contributed by atoms with Gasteiger partial charge in [0, 0.05) is 30.0 Å². The number of ketones is 1. The standard InChI is InChI=1S/C18H20N4OS2/c1-11-9-14(12(2)21(11)3)15(23)10-25-18-20-19-17(16-5-4-8-24-16)22(18)13-6-7-13/h4-5,8-9,13H,6-7,10H2,1-3H3. The van der Waals surface area contributed by atoms with Gasteiger partial charge in [0.25, 0.3) is 0 Å². The number of carbonyl (C=O) groups is 1. The number of nitrogens with zero attached hydrogens (tertiary/aromatic N) is 4. The Kier molecular flexibility index (Phi) is 4.29. The number of thiophene rings is 1. The summed E-state index contributed by atoms with van der Waals surface area (Å²) in [7, 11) is 1.99. The van der Waals surface area contributed by atoms with Crippen LogP contribution in [0.3, 0.4) is 0 Å². The molecule has 7 heteroatoms. The van der Waals surface area contributed by atoms with Crippen molar-refractivity contribution in [3.05, 3.63) is 40.5 Å². The van der Waals surface area contributed by atoms with Crippen LogP contribution in [-0.2, 0) is 7.05 Å². The van der Waals surface area contributed by atoms with Crippen molar-refractivity contribution in [3.63, 3.8) is 0 Å². The number of hydrogen-bond acceptors (Lipinski definition) is 5. The van der Waals surface area contributed by atoms with Crippen LogP contribution >= 0.6 is 23.1 Å². The van der Waals surface area contributed by atoms with E-state index in [1.54, 1.807) is 11.3 Å². The van der Waals surface area contributed by atoms with E-state index in [1.165, 1.54) is 11.8 Å². The summed E-state index contributed by atoms with van der Waals surface area (Å²) < 4.78 is 4.27. The van der Waals surface area contributed by atoms with Gasteiger partial charge in [-0.3, -0.25) is 9.36 Å². The summed E-state index contributed by atoms with van der Waals surface area (Å²) in [6.07, 6.45) is 2.32. The molecule has 0 aliphatic heterocycles. The van der Waals surface area contributed by atoms with Gasteiger partial charge in [-0.1, -0.05) is 17.8 Å². The molecule has 0 N–H and O–H groups in total. The predicted octanol–water partition coefficient (Wildman–Crippen LogP) is 4.27. The first-order valence-corrected chi connectivity index (χ1v) is 10.2. The molecule has 1 aliphatic carbocycles. The van der Waals surface area contributed by atoms with Gasteiger partial charge in [-0.2, -0.15) is 0 Å². The quantitative estimate of drug-likeness (QED) is 0.479. The molecule has 4 rings (SSSR count). The molecule has 25 heavy (non-hydrogen) atoms. The summed E-state index contributed by atoms with van der Waals surface area (Å²) >= 11 is 3.17. The van der Waals surface area contributed by atoms with E-state index >= 15 is 0 Å². The summed E-state index contributed by atoms with van der Waals surface area (Å²) in [5.41, 5.74) is 2.93. The van der Waals surface area contributed by atoms with Crippen molar-refractivity contribution in [2.24, 2.45) is 7.05 Å². The van der Waals surface area contributed by atoms with Crippen molar-refractivity contribution >= 4 is 28.9 Å². The molecule has 1 saturated carbocycles. The first-order valence-electron chi connectivity index (χ1n) is 8.34. The maximum Gasteiger partial charge on any atom is 0.192 e. The molecule has 0 bridgehead atoms. The highest BCUT2D eigenvalue weighted by Gasteiger charge is 2.30. The zero-order valence-corrected chi connectivity index (χ0v) is 16.2. The minimum Gasteiger partial charge on any atom is -0.351 e. The normalized spacial score (nSPS) is 14.2. The lowest BCUT2D eigenvalue weighted by Gasteiger charge is -2.07. The first-order chi connectivity index (χ1) is 12.1. The van der Waals surface area contributed by atoms with Crippen LogP contribution in [-0.4, -0.2) is 30.9 Å². The molecule has 130 valence electrons. The minimum absolute atomic E-state index is 0.147. The molecule has 0 atom stereocenters. The Morgan fingerprint density at radius 1 is 1.36 bits per heavy atom. The second kappa shape index (κ2) is 6.46. The third-order valence-electron chi connectivity index (χ3n) is 4.73. The molecule has 0 spiro atoms. The molecule has 3 heterocycles. The molecule has 1 fully saturated rings. The Hall–Kier alpha value is -1.86. The van der Waals surface area contributed by atoms with Crippen LogP contribution < -0.4 is 0 Å². The molecule has 0 saturated heterocycles. The third-order valence-corrected chi connectivity index (χ3v) is 6.53. The second-order valence-corrected chi connectivity index (χ2v) is 8.33. The van der Waals surface area contributed by atoms with Gasteiger partial charge in [-0.25, -0.2) is 0 Å². The van der Waals surface area contributed by atoms with Crippen LogP contribution in [0.4, 0.5) is 0 Å². The van der Waals surface area contributed by atoms with Gasteiger partial charge in [-0.05, 0) is 44.2 Å². The summed E-state index contributed by atoms with van der Waals surface area (Å²) in [6, 6.07) is 6.55. The largest absolute Gasteiger partial charge is 0.351 e. The van der Waals surface area contributed by atoms with E-state index in [0.29, 0.717) is 11.8 Å². The van der Waals surface area contributed by atoms with E-state index < -0.39 is 0 Å². The molecular weight excluding hydrogens is 352 g/mol. The topological polar surface area (TPSA) is 52.7 Å². The van der Waals surface area contributed by atoms with Crippen LogP contribution in [0.15, 0.2) is 28.7 Å². The van der Waals surface area contributed by atoms with Gasteiger partial charge in [0.05, 0.1) is 10.6 Å². The Labute approximate surface area is 155 Å². The van der Waals surface area contributed by atoms with Crippen LogP contribution in [0.25, 0.3) is 10.7 Å². The van der Waals surface area contributed by atoms with E-state index in [0.717, 1.165) is 45.7 Å². The third kappa shape index (κ3) is 3.06. The van der Waals surface area contributed by atoms with Crippen molar-refractivity contribution in [1.29, 1.82) is 0 Å². The average molecular weight is 373 g/mol. The number of Topliss-reactive ketones (excluding diaryl/α,β-unsaturated/α-hetero) is 1. The number of thioether (sulfide) groups is 1. The van der Waals surface area contributed by atoms with Crippen molar-refractivity contribution in [2.75, 3.05) is 5.75 Å². The van der Waals surface area contributed by atoms with Crippen molar-refractivity contribution < 1.29 is 4.79 Å². The fourth-order valence-electron chi connectivity index (χ4n) is 2.96. The Morgan fingerprint density at radius 2 is 2.16 bits per heavy atom. The second-order valence-electron chi connectivity index (χ2n) is 6.44. The van der Waals surface area contributed by atoms with Crippen LogP contribution in [0.2, 0.25) is 0 Å². The number of hydrogen-bond donors (Lipinski definition) is 0. The smallest absolute Gasteiger partial charge is 0.192 e. The summed E-state index contributed by atoms with van der Waals surface area (Å²) in [5, 5.41) is 11.7. The fourth-order valence-corrected chi connectivity index (χ4v) is 4.55. The lowest BCUT2D eigenvalue weighted by molar-refractivity contribution is 0.102. The van der Waals surface area contributed by atoms with Crippen molar-refractivity contribution in [1.82, 2.24) is 19.3 Å². The van der Waals surface area contributed by atoms with Crippen molar-refractivity contribution in [2.45, 2.75) is 37.9 Å². The van der Waals surface area contributed by atoms with Gasteiger partial charge in [0.15, 0.2) is 16.8 Å². The molecule has 3 aromatic heterocycles. The van der Waals surface area contributed by atoms with Crippen LogP contribution in [0.1, 0.15) is 40.6 Å². The van der Waals surface area contributed by atoms with E-state index in [9.17, 15) is 4.79 Å². The lowest BCUT2D eigenvalue weighted by atomic mass is 10.2. The monoisotopic (exact) mass is 372 g/mol. The van der Waals surface area contributed by atoms with Crippen LogP contribution in [0.5, 0.6) is 0 Å². The van der Waals surface area contributed by atoms with E-state index in [1.807, 2.05) is 33.0 Å². The Bertz CT molecular complexity index is 919. The first kappa shape index (κ1) is 16.6. The molecule has 0 amide bonds. The van der Waals surface area contributed by atoms with Gasteiger partial charge < -0.3 is 4.57 Å². The van der Waals surface area contributed by atoms with E-state index in [-0.39, 0.29) is 5.78 Å². The number of rotatable bonds is 6. The molecule has 0 radical (unpaired) electrons. The summed E-state index contributed by atoms with van der Waals surface area (Å²) in [6.45, 7) is 4.01. The van der Waals surface area contributed by atoms with Crippen molar-refractivity contribution in [3.8, 4) is 10.7 Å². The summed E-state index contributed by atoms with van der Waals surface area (Å²) in [5.74, 6) is 1.47. The van der Waals surface area contributed by atoms with E-state index in [4.69, 9.17) is 0 Å². The maximum absolute atomic E-state index is 12.6. The number of aromatic nitrogens is 4. The molecule has 3 aromatic rings. The zero-order valence-electron chi connectivity index (χ0n) is 14.5. The van der Waals surface area contributed by atoms with Gasteiger partial charge >= 0.3 is 0 Å².